The molecule has 0 saturated heterocycles. The smallest absolute Gasteiger partial charge is 0.307 e. The zero-order valence-electron chi connectivity index (χ0n) is 13.4. The minimum absolute atomic E-state index is 0.0490. The summed E-state index contributed by atoms with van der Waals surface area (Å²) in [6.07, 6.45) is 1.48. The maximum Gasteiger partial charge on any atom is 0.326 e. The number of H-pyrrole nitrogens is 2. The SMILES string of the molecule is C=CCN(Cc1ccc(Cl)s1)S(=O)(=O)c1ccc2[nH]c(=O)[nH]c(=O)c2c1. The Morgan fingerprint density at radius 1 is 1.19 bits per heavy atom. The van der Waals surface area contributed by atoms with E-state index in [1.807, 2.05) is 0 Å². The zero-order valence-corrected chi connectivity index (χ0v) is 15.7. The zero-order chi connectivity index (χ0) is 18.9. The molecule has 1 aromatic carbocycles. The Bertz CT molecular complexity index is 1190. The highest BCUT2D eigenvalue weighted by molar-refractivity contribution is 7.89. The molecule has 136 valence electrons. The summed E-state index contributed by atoms with van der Waals surface area (Å²) in [5.74, 6) is 0. The van der Waals surface area contributed by atoms with E-state index in [1.165, 1.54) is 39.9 Å². The molecule has 0 aliphatic heterocycles. The van der Waals surface area contributed by atoms with Gasteiger partial charge in [-0.1, -0.05) is 17.7 Å². The number of nitrogens with zero attached hydrogens (tertiary/aromatic N) is 1. The van der Waals surface area contributed by atoms with E-state index < -0.39 is 21.3 Å². The van der Waals surface area contributed by atoms with Gasteiger partial charge in [0.1, 0.15) is 0 Å². The van der Waals surface area contributed by atoms with Crippen LogP contribution in [0.2, 0.25) is 4.34 Å². The highest BCUT2D eigenvalue weighted by Crippen LogP contribution is 2.26. The van der Waals surface area contributed by atoms with Crippen molar-refractivity contribution in [2.75, 3.05) is 6.54 Å². The lowest BCUT2D eigenvalue weighted by molar-refractivity contribution is 0.441. The van der Waals surface area contributed by atoms with Gasteiger partial charge in [0.25, 0.3) is 5.56 Å². The lowest BCUT2D eigenvalue weighted by Crippen LogP contribution is -2.31. The second-order valence-electron chi connectivity index (χ2n) is 5.41. The molecule has 7 nitrogen and oxygen atoms in total. The number of rotatable bonds is 6. The first-order valence-corrected chi connectivity index (χ1v) is 10.1. The van der Waals surface area contributed by atoms with E-state index >= 15 is 0 Å². The second kappa shape index (κ2) is 7.20. The van der Waals surface area contributed by atoms with Crippen molar-refractivity contribution in [3.05, 3.63) is 73.0 Å². The lowest BCUT2D eigenvalue weighted by Gasteiger charge is -2.20. The number of thiophene rings is 1. The van der Waals surface area contributed by atoms with Crippen molar-refractivity contribution in [1.82, 2.24) is 14.3 Å². The molecule has 0 spiro atoms. The molecule has 2 heterocycles. The van der Waals surface area contributed by atoms with Crippen molar-refractivity contribution in [2.24, 2.45) is 0 Å². The van der Waals surface area contributed by atoms with Gasteiger partial charge in [-0.3, -0.25) is 9.78 Å². The van der Waals surface area contributed by atoms with Crippen molar-refractivity contribution in [2.45, 2.75) is 11.4 Å². The van der Waals surface area contributed by atoms with Crippen LogP contribution in [0.3, 0.4) is 0 Å². The van der Waals surface area contributed by atoms with Gasteiger partial charge in [-0.2, -0.15) is 4.31 Å². The summed E-state index contributed by atoms with van der Waals surface area (Å²) >= 11 is 7.20. The number of halogens is 1. The van der Waals surface area contributed by atoms with Crippen LogP contribution in [0.4, 0.5) is 0 Å². The molecular formula is C16H14ClN3O4S2. The van der Waals surface area contributed by atoms with Crippen molar-refractivity contribution < 1.29 is 8.42 Å². The number of nitrogens with one attached hydrogen (secondary N) is 2. The largest absolute Gasteiger partial charge is 0.326 e. The lowest BCUT2D eigenvalue weighted by atomic mass is 10.2. The first-order valence-electron chi connectivity index (χ1n) is 7.43. The molecule has 0 atom stereocenters. The summed E-state index contributed by atoms with van der Waals surface area (Å²) in [6.45, 7) is 3.83. The third-order valence-electron chi connectivity index (χ3n) is 3.64. The third-order valence-corrected chi connectivity index (χ3v) is 6.67. The minimum atomic E-state index is -3.89. The third kappa shape index (κ3) is 3.65. The fourth-order valence-corrected chi connectivity index (χ4v) is 5.06. The highest BCUT2D eigenvalue weighted by Gasteiger charge is 2.25. The van der Waals surface area contributed by atoms with Gasteiger partial charge >= 0.3 is 5.69 Å². The summed E-state index contributed by atoms with van der Waals surface area (Å²) < 4.78 is 27.8. The van der Waals surface area contributed by atoms with E-state index in [0.29, 0.717) is 4.34 Å². The molecule has 2 aromatic heterocycles. The van der Waals surface area contributed by atoms with Crippen LogP contribution in [0.1, 0.15) is 4.88 Å². The van der Waals surface area contributed by atoms with Crippen LogP contribution < -0.4 is 11.2 Å². The molecular weight excluding hydrogens is 398 g/mol. The van der Waals surface area contributed by atoms with Crippen LogP contribution in [0.25, 0.3) is 10.9 Å². The predicted octanol–water partition coefficient (Wildman–Crippen LogP) is 2.31. The molecule has 0 unspecified atom stereocenters. The molecule has 10 heteroatoms. The fraction of sp³-hybridized carbons (Fsp3) is 0.125. The van der Waals surface area contributed by atoms with Gasteiger partial charge < -0.3 is 4.98 Å². The summed E-state index contributed by atoms with van der Waals surface area (Å²) in [5, 5.41) is 0.0865. The molecule has 0 saturated carbocycles. The van der Waals surface area contributed by atoms with Gasteiger partial charge in [0.05, 0.1) is 20.1 Å². The summed E-state index contributed by atoms with van der Waals surface area (Å²) in [6, 6.07) is 7.45. The average Bonchev–Trinajstić information content (AvgIpc) is 2.99. The van der Waals surface area contributed by atoms with Crippen LogP contribution in [0, 0.1) is 0 Å². The number of hydrogen-bond donors (Lipinski definition) is 2. The van der Waals surface area contributed by atoms with E-state index in [4.69, 9.17) is 11.6 Å². The Balaban J connectivity index is 2.06. The number of hydrogen-bond acceptors (Lipinski definition) is 5. The van der Waals surface area contributed by atoms with Crippen molar-refractivity contribution in [1.29, 1.82) is 0 Å². The molecule has 3 aromatic rings. The average molecular weight is 412 g/mol. The number of aromatic amines is 2. The molecule has 0 bridgehead atoms. The van der Waals surface area contributed by atoms with Crippen molar-refractivity contribution in [3.63, 3.8) is 0 Å². The normalized spacial score (nSPS) is 11.9. The molecule has 2 N–H and O–H groups in total. The summed E-state index contributed by atoms with van der Waals surface area (Å²) in [7, 11) is -3.89. The standard InChI is InChI=1S/C16H14ClN3O4S2/c1-2-7-20(9-10-3-6-14(17)25-10)26(23,24)11-4-5-13-12(8-11)15(21)19-16(22)18-13/h2-6,8H,1,7,9H2,(H2,18,19,21,22). The van der Waals surface area contributed by atoms with Crippen LogP contribution in [0.15, 0.2) is 57.5 Å². The molecule has 3 rings (SSSR count). The Morgan fingerprint density at radius 2 is 1.96 bits per heavy atom. The van der Waals surface area contributed by atoms with E-state index in [2.05, 4.69) is 16.5 Å². The number of benzene rings is 1. The topological polar surface area (TPSA) is 103 Å². The monoisotopic (exact) mass is 411 g/mol. The van der Waals surface area contributed by atoms with Crippen LogP contribution in [0.5, 0.6) is 0 Å². The minimum Gasteiger partial charge on any atom is -0.307 e. The summed E-state index contributed by atoms with van der Waals surface area (Å²) in [5.41, 5.74) is -1.04. The van der Waals surface area contributed by atoms with Gasteiger partial charge in [-0.15, -0.1) is 17.9 Å². The molecule has 0 radical (unpaired) electrons. The van der Waals surface area contributed by atoms with Crippen LogP contribution in [-0.2, 0) is 16.6 Å². The predicted molar refractivity (Wildman–Crippen MR) is 102 cm³/mol. The van der Waals surface area contributed by atoms with E-state index in [9.17, 15) is 18.0 Å². The van der Waals surface area contributed by atoms with Crippen molar-refractivity contribution in [3.8, 4) is 0 Å². The van der Waals surface area contributed by atoms with Crippen LogP contribution in [-0.4, -0.2) is 29.2 Å². The van der Waals surface area contributed by atoms with E-state index in [1.54, 1.807) is 12.1 Å². The van der Waals surface area contributed by atoms with Gasteiger partial charge in [0, 0.05) is 18.0 Å². The molecule has 0 amide bonds. The molecule has 0 fully saturated rings. The maximum absolute atomic E-state index is 13.0. The molecule has 26 heavy (non-hydrogen) atoms. The Morgan fingerprint density at radius 3 is 2.62 bits per heavy atom. The number of sulfonamides is 1. The van der Waals surface area contributed by atoms with Gasteiger partial charge in [-0.05, 0) is 30.3 Å². The van der Waals surface area contributed by atoms with Crippen molar-refractivity contribution >= 4 is 43.9 Å². The molecule has 0 aliphatic carbocycles. The quantitative estimate of drug-likeness (QED) is 0.607. The Labute approximate surface area is 157 Å². The maximum atomic E-state index is 13.0. The van der Waals surface area contributed by atoms with Gasteiger partial charge in [0.2, 0.25) is 10.0 Å². The van der Waals surface area contributed by atoms with Gasteiger partial charge in [-0.25, -0.2) is 13.2 Å². The Kier molecular flexibility index (Phi) is 5.15. The van der Waals surface area contributed by atoms with E-state index in [-0.39, 0.29) is 28.9 Å². The molecule has 0 aliphatic rings. The van der Waals surface area contributed by atoms with Gasteiger partial charge in [0.15, 0.2) is 0 Å². The van der Waals surface area contributed by atoms with Crippen LogP contribution >= 0.6 is 22.9 Å². The first kappa shape index (κ1) is 18.6. The fourth-order valence-electron chi connectivity index (χ4n) is 2.46. The summed E-state index contributed by atoms with van der Waals surface area (Å²) in [4.78, 5) is 28.6. The first-order chi connectivity index (χ1) is 12.3. The Hall–Kier alpha value is -2.20. The highest BCUT2D eigenvalue weighted by atomic mass is 35.5. The number of fused-ring (bicyclic) bond motifs is 1. The second-order valence-corrected chi connectivity index (χ2v) is 9.15. The van der Waals surface area contributed by atoms with E-state index in [0.717, 1.165) is 4.88 Å². The number of aromatic nitrogens is 2.